The summed E-state index contributed by atoms with van der Waals surface area (Å²) in [6.07, 6.45) is -0.345. The third kappa shape index (κ3) is 3.24. The minimum Gasteiger partial charge on any atom is -0.449 e. The smallest absolute Gasteiger partial charge is 0.404 e. The summed E-state index contributed by atoms with van der Waals surface area (Å²) < 4.78 is 7.56. The second-order valence-corrected chi connectivity index (χ2v) is 4.87. The molecule has 0 unspecified atom stereocenters. The fraction of sp³-hybridized carbons (Fsp3) is 0.333. The molecule has 0 saturated heterocycles. The van der Waals surface area contributed by atoms with E-state index < -0.39 is 6.09 Å². The van der Waals surface area contributed by atoms with Gasteiger partial charge < -0.3 is 20.1 Å². The first-order valence-corrected chi connectivity index (χ1v) is 6.59. The summed E-state index contributed by atoms with van der Waals surface area (Å²) in [6.45, 7) is 0.639. The van der Waals surface area contributed by atoms with Gasteiger partial charge in [-0.15, -0.1) is 0 Å². The molecule has 1 aromatic carbocycles. The molecular formula is C12H14BrN3O3. The van der Waals surface area contributed by atoms with Crippen LogP contribution in [0.1, 0.15) is 5.82 Å². The molecule has 0 aliphatic heterocycles. The van der Waals surface area contributed by atoms with Crippen molar-refractivity contribution in [3.63, 3.8) is 0 Å². The van der Waals surface area contributed by atoms with Gasteiger partial charge in [0, 0.05) is 17.4 Å². The van der Waals surface area contributed by atoms with E-state index in [4.69, 9.17) is 15.6 Å². The van der Waals surface area contributed by atoms with E-state index in [1.54, 1.807) is 0 Å². The molecule has 1 heterocycles. The van der Waals surface area contributed by atoms with Crippen LogP contribution < -0.4 is 5.73 Å². The van der Waals surface area contributed by atoms with Gasteiger partial charge in [0.1, 0.15) is 12.4 Å². The quantitative estimate of drug-likeness (QED) is 0.869. The number of imidazole rings is 1. The van der Waals surface area contributed by atoms with E-state index in [2.05, 4.69) is 20.9 Å². The maximum atomic E-state index is 10.5. The molecule has 6 nitrogen and oxygen atoms in total. The average molecular weight is 328 g/mol. The van der Waals surface area contributed by atoms with Crippen LogP contribution in [0, 0.1) is 0 Å². The molecule has 102 valence electrons. The molecule has 2 rings (SSSR count). The Morgan fingerprint density at radius 3 is 3.00 bits per heavy atom. The highest BCUT2D eigenvalue weighted by Crippen LogP contribution is 2.21. The molecule has 2 aromatic rings. The number of halogens is 1. The fourth-order valence-corrected chi connectivity index (χ4v) is 2.29. The molecule has 0 spiro atoms. The van der Waals surface area contributed by atoms with Gasteiger partial charge in [-0.05, 0) is 18.2 Å². The normalized spacial score (nSPS) is 10.8. The molecule has 1 amide bonds. The van der Waals surface area contributed by atoms with Gasteiger partial charge >= 0.3 is 6.09 Å². The summed E-state index contributed by atoms with van der Waals surface area (Å²) in [5.41, 5.74) is 6.68. The highest BCUT2D eigenvalue weighted by Gasteiger charge is 2.11. The second-order valence-electron chi connectivity index (χ2n) is 3.95. The highest BCUT2D eigenvalue weighted by atomic mass is 79.9. The highest BCUT2D eigenvalue weighted by molar-refractivity contribution is 9.10. The molecule has 19 heavy (non-hydrogen) atoms. The third-order valence-corrected chi connectivity index (χ3v) is 3.18. The van der Waals surface area contributed by atoms with Crippen LogP contribution in [0.5, 0.6) is 0 Å². The molecule has 0 aliphatic carbocycles. The largest absolute Gasteiger partial charge is 0.449 e. The molecule has 3 N–H and O–H groups in total. The molecule has 7 heteroatoms. The lowest BCUT2D eigenvalue weighted by molar-refractivity contribution is 0.157. The Hall–Kier alpha value is -1.60. The first-order chi connectivity index (χ1) is 9.11. The zero-order chi connectivity index (χ0) is 13.8. The number of hydrogen-bond donors (Lipinski definition) is 2. The number of hydrogen-bond acceptors (Lipinski definition) is 4. The Kier molecular flexibility index (Phi) is 4.39. The van der Waals surface area contributed by atoms with Crippen molar-refractivity contribution in [2.75, 3.05) is 13.2 Å². The van der Waals surface area contributed by atoms with Crippen LogP contribution in [-0.2, 0) is 17.7 Å². The topological polar surface area (TPSA) is 90.4 Å². The van der Waals surface area contributed by atoms with Crippen molar-refractivity contribution >= 4 is 33.1 Å². The van der Waals surface area contributed by atoms with Crippen molar-refractivity contribution < 1.29 is 14.6 Å². The summed E-state index contributed by atoms with van der Waals surface area (Å²) in [5.74, 6) is 0.753. The second kappa shape index (κ2) is 6.03. The number of aliphatic hydroxyl groups excluding tert-OH is 1. The van der Waals surface area contributed by atoms with E-state index in [1.807, 2.05) is 22.8 Å². The lowest BCUT2D eigenvalue weighted by Gasteiger charge is -2.07. The Morgan fingerprint density at radius 2 is 2.32 bits per heavy atom. The van der Waals surface area contributed by atoms with Crippen molar-refractivity contribution in [3.8, 4) is 0 Å². The van der Waals surface area contributed by atoms with Gasteiger partial charge in [-0.25, -0.2) is 9.78 Å². The molecule has 0 aliphatic rings. The van der Waals surface area contributed by atoms with Crippen LogP contribution in [0.25, 0.3) is 11.0 Å². The number of fused-ring (bicyclic) bond motifs is 1. The lowest BCUT2D eigenvalue weighted by Crippen LogP contribution is -2.16. The summed E-state index contributed by atoms with van der Waals surface area (Å²) in [5, 5.41) is 9.13. The molecule has 1 aromatic heterocycles. The standard InChI is InChI=1S/C12H14BrN3O3/c13-8-1-2-10-9(7-8)15-11(16(10)4-5-17)3-6-19-12(14)18/h1-2,7,17H,3-6H2,(H2,14,18). The monoisotopic (exact) mass is 327 g/mol. The van der Waals surface area contributed by atoms with Gasteiger partial charge in [0.15, 0.2) is 0 Å². The summed E-state index contributed by atoms with van der Waals surface area (Å²) in [6, 6.07) is 5.75. The number of amides is 1. The van der Waals surface area contributed by atoms with Crippen LogP contribution in [0.4, 0.5) is 4.79 Å². The number of primary amides is 1. The first-order valence-electron chi connectivity index (χ1n) is 5.79. The molecule has 0 atom stereocenters. The molecular weight excluding hydrogens is 314 g/mol. The predicted octanol–water partition coefficient (Wildman–Crippen LogP) is 1.43. The Balaban J connectivity index is 2.30. The lowest BCUT2D eigenvalue weighted by atomic mass is 10.3. The number of carbonyl (C=O) groups is 1. The number of benzene rings is 1. The molecule has 0 fully saturated rings. The van der Waals surface area contributed by atoms with Crippen LogP contribution in [0.2, 0.25) is 0 Å². The van der Waals surface area contributed by atoms with Gasteiger partial charge in [0.25, 0.3) is 0 Å². The Morgan fingerprint density at radius 1 is 1.53 bits per heavy atom. The van der Waals surface area contributed by atoms with Crippen molar-refractivity contribution in [1.29, 1.82) is 0 Å². The maximum Gasteiger partial charge on any atom is 0.404 e. The Bertz CT molecular complexity index is 597. The predicted molar refractivity (Wildman–Crippen MR) is 73.8 cm³/mol. The zero-order valence-electron chi connectivity index (χ0n) is 10.2. The summed E-state index contributed by atoms with van der Waals surface area (Å²) >= 11 is 3.39. The third-order valence-electron chi connectivity index (χ3n) is 2.68. The fourth-order valence-electron chi connectivity index (χ4n) is 1.94. The number of ether oxygens (including phenoxy) is 1. The van der Waals surface area contributed by atoms with Crippen molar-refractivity contribution in [3.05, 3.63) is 28.5 Å². The van der Waals surface area contributed by atoms with Crippen LogP contribution in [0.3, 0.4) is 0 Å². The van der Waals surface area contributed by atoms with Crippen LogP contribution in [-0.4, -0.2) is 34.0 Å². The van der Waals surface area contributed by atoms with Crippen LogP contribution >= 0.6 is 15.9 Å². The van der Waals surface area contributed by atoms with E-state index >= 15 is 0 Å². The number of aromatic nitrogens is 2. The zero-order valence-corrected chi connectivity index (χ0v) is 11.8. The minimum absolute atomic E-state index is 0.0190. The molecule has 0 radical (unpaired) electrons. The minimum atomic E-state index is -0.799. The van der Waals surface area contributed by atoms with E-state index in [1.165, 1.54) is 0 Å². The van der Waals surface area contributed by atoms with Crippen LogP contribution in [0.15, 0.2) is 22.7 Å². The van der Waals surface area contributed by atoms with Crippen molar-refractivity contribution in [2.45, 2.75) is 13.0 Å². The van der Waals surface area contributed by atoms with E-state index in [0.717, 1.165) is 21.3 Å². The number of carbonyl (C=O) groups excluding carboxylic acids is 1. The maximum absolute atomic E-state index is 10.5. The SMILES string of the molecule is NC(=O)OCCc1nc2cc(Br)ccc2n1CCO. The van der Waals surface area contributed by atoms with E-state index in [9.17, 15) is 4.79 Å². The summed E-state index contributed by atoms with van der Waals surface area (Å²) in [4.78, 5) is 15.0. The first kappa shape index (κ1) is 13.8. The van der Waals surface area contributed by atoms with E-state index in [-0.39, 0.29) is 13.2 Å². The average Bonchev–Trinajstić information content (AvgIpc) is 2.67. The molecule has 0 bridgehead atoms. The van der Waals surface area contributed by atoms with Gasteiger partial charge in [-0.3, -0.25) is 0 Å². The van der Waals surface area contributed by atoms with E-state index in [0.29, 0.717) is 13.0 Å². The van der Waals surface area contributed by atoms with Gasteiger partial charge in [0.2, 0.25) is 0 Å². The van der Waals surface area contributed by atoms with Gasteiger partial charge in [-0.1, -0.05) is 15.9 Å². The number of nitrogens with zero attached hydrogens (tertiary/aromatic N) is 2. The van der Waals surface area contributed by atoms with Crippen molar-refractivity contribution in [1.82, 2.24) is 9.55 Å². The molecule has 0 saturated carbocycles. The number of rotatable bonds is 5. The number of aliphatic hydroxyl groups is 1. The Labute approximate surface area is 118 Å². The van der Waals surface area contributed by atoms with Gasteiger partial charge in [-0.2, -0.15) is 0 Å². The summed E-state index contributed by atoms with van der Waals surface area (Å²) in [7, 11) is 0. The van der Waals surface area contributed by atoms with Crippen molar-refractivity contribution in [2.24, 2.45) is 5.73 Å². The van der Waals surface area contributed by atoms with Gasteiger partial charge in [0.05, 0.1) is 17.6 Å². The number of nitrogens with two attached hydrogens (primary N) is 1.